The maximum atomic E-state index is 15.1. The van der Waals surface area contributed by atoms with Gasteiger partial charge in [0, 0.05) is 42.0 Å². The van der Waals surface area contributed by atoms with E-state index in [0.717, 1.165) is 36.4 Å². The summed E-state index contributed by atoms with van der Waals surface area (Å²) >= 11 is 0. The third-order valence-electron chi connectivity index (χ3n) is 8.54. The van der Waals surface area contributed by atoms with Crippen LogP contribution in [0.25, 0.3) is 10.9 Å². The van der Waals surface area contributed by atoms with Crippen molar-refractivity contribution >= 4 is 16.6 Å². The molecule has 6 rings (SSSR count). The highest BCUT2D eigenvalue weighted by atomic mass is 19.4. The number of alkyl halides is 6. The van der Waals surface area contributed by atoms with Gasteiger partial charge in [-0.3, -0.25) is 4.68 Å². The second-order valence-electron chi connectivity index (χ2n) is 11.9. The lowest BCUT2D eigenvalue weighted by molar-refractivity contribution is -0.138. The van der Waals surface area contributed by atoms with Crippen LogP contribution < -0.4 is 4.90 Å². The molecule has 0 amide bonds. The molecular formula is C35H28F8N6O. The maximum absolute atomic E-state index is 15.1. The molecule has 0 aliphatic heterocycles. The predicted molar refractivity (Wildman–Crippen MR) is 167 cm³/mol. The van der Waals surface area contributed by atoms with Crippen molar-refractivity contribution in [1.82, 2.24) is 24.5 Å². The molecule has 0 saturated heterocycles. The second-order valence-corrected chi connectivity index (χ2v) is 11.9. The van der Waals surface area contributed by atoms with E-state index < -0.39 is 46.8 Å². The van der Waals surface area contributed by atoms with Gasteiger partial charge < -0.3 is 10.0 Å². The van der Waals surface area contributed by atoms with Gasteiger partial charge >= 0.3 is 12.4 Å². The van der Waals surface area contributed by atoms with Crippen molar-refractivity contribution in [3.63, 3.8) is 0 Å². The number of nitrogens with zero attached hydrogens (tertiary/aromatic N) is 6. The predicted octanol–water partition coefficient (Wildman–Crippen LogP) is 8.30. The van der Waals surface area contributed by atoms with E-state index in [1.807, 2.05) is 0 Å². The zero-order valence-corrected chi connectivity index (χ0v) is 26.2. The molecule has 2 atom stereocenters. The Morgan fingerprint density at radius 3 is 1.90 bits per heavy atom. The van der Waals surface area contributed by atoms with Gasteiger partial charge in [-0.15, -0.1) is 0 Å². The van der Waals surface area contributed by atoms with Gasteiger partial charge in [-0.05, 0) is 66.6 Å². The van der Waals surface area contributed by atoms with E-state index >= 15 is 4.39 Å². The Bertz CT molecular complexity index is 2020. The molecule has 2 aromatic heterocycles. The van der Waals surface area contributed by atoms with Gasteiger partial charge in [0.15, 0.2) is 0 Å². The molecule has 0 aliphatic rings. The highest BCUT2D eigenvalue weighted by Crippen LogP contribution is 2.38. The van der Waals surface area contributed by atoms with Gasteiger partial charge in [0.25, 0.3) is 0 Å². The number of fused-ring (bicyclic) bond motifs is 1. The largest absolute Gasteiger partial charge is 0.416 e. The Morgan fingerprint density at radius 2 is 1.38 bits per heavy atom. The molecule has 0 bridgehead atoms. The van der Waals surface area contributed by atoms with Crippen LogP contribution in [0.4, 0.5) is 40.8 Å². The lowest BCUT2D eigenvalue weighted by Gasteiger charge is -2.34. The number of aliphatic hydroxyl groups is 1. The summed E-state index contributed by atoms with van der Waals surface area (Å²) in [6, 6.07) is 16.2. The lowest BCUT2D eigenvalue weighted by Crippen LogP contribution is -2.40. The Hall–Kier alpha value is -5.31. The Balaban J connectivity index is 1.35. The molecule has 50 heavy (non-hydrogen) atoms. The Kier molecular flexibility index (Phi) is 9.12. The minimum absolute atomic E-state index is 0.108. The van der Waals surface area contributed by atoms with E-state index in [-0.39, 0.29) is 25.2 Å². The summed E-state index contributed by atoms with van der Waals surface area (Å²) in [5, 5.41) is 21.2. The van der Waals surface area contributed by atoms with Crippen LogP contribution in [-0.2, 0) is 37.6 Å². The molecule has 0 radical (unpaired) electrons. The quantitative estimate of drug-likeness (QED) is 0.146. The van der Waals surface area contributed by atoms with Crippen molar-refractivity contribution in [2.24, 2.45) is 0 Å². The fraction of sp³-hybridized carbons (Fsp3) is 0.229. The monoisotopic (exact) mass is 700 g/mol. The molecule has 0 unspecified atom stereocenters. The molecule has 7 nitrogen and oxygen atoms in total. The third-order valence-corrected chi connectivity index (χ3v) is 8.54. The first-order valence-electron chi connectivity index (χ1n) is 15.2. The van der Waals surface area contributed by atoms with E-state index in [2.05, 4.69) is 15.2 Å². The first kappa shape index (κ1) is 34.5. The number of hydrogen-bond acceptors (Lipinski definition) is 5. The second kappa shape index (κ2) is 13.2. The maximum Gasteiger partial charge on any atom is 0.416 e. The van der Waals surface area contributed by atoms with Gasteiger partial charge in [-0.1, -0.05) is 30.3 Å². The van der Waals surface area contributed by atoms with Crippen LogP contribution in [0.5, 0.6) is 0 Å². The van der Waals surface area contributed by atoms with Crippen LogP contribution >= 0.6 is 0 Å². The molecule has 6 aromatic rings. The minimum Gasteiger partial charge on any atom is -0.381 e. The highest BCUT2D eigenvalue weighted by molar-refractivity contribution is 5.82. The molecule has 2 heterocycles. The number of halogens is 8. The first-order valence-corrected chi connectivity index (χ1v) is 15.2. The topological polar surface area (TPSA) is 72.0 Å². The summed E-state index contributed by atoms with van der Waals surface area (Å²) in [5.41, 5.74) is -1.72. The van der Waals surface area contributed by atoms with E-state index in [4.69, 9.17) is 0 Å². The fourth-order valence-corrected chi connectivity index (χ4v) is 5.77. The molecular weight excluding hydrogens is 672 g/mol. The summed E-state index contributed by atoms with van der Waals surface area (Å²) in [6.45, 7) is 1.56. The Labute approximate surface area is 280 Å². The number of benzene rings is 4. The van der Waals surface area contributed by atoms with Gasteiger partial charge in [0.05, 0.1) is 29.2 Å². The van der Waals surface area contributed by atoms with Gasteiger partial charge in [-0.25, -0.2) is 18.4 Å². The molecule has 0 saturated carbocycles. The molecule has 1 N–H and O–H groups in total. The van der Waals surface area contributed by atoms with Crippen molar-refractivity contribution in [3.8, 4) is 0 Å². The van der Waals surface area contributed by atoms with E-state index in [1.54, 1.807) is 36.2 Å². The summed E-state index contributed by atoms with van der Waals surface area (Å²) in [7, 11) is 0. The zero-order chi connectivity index (χ0) is 35.8. The van der Waals surface area contributed by atoms with Crippen LogP contribution in [0.3, 0.4) is 0 Å². The number of anilines is 1. The molecule has 0 fully saturated rings. The van der Waals surface area contributed by atoms with Crippen molar-refractivity contribution in [3.05, 3.63) is 143 Å². The molecule has 4 aromatic carbocycles. The van der Waals surface area contributed by atoms with Gasteiger partial charge in [0.2, 0.25) is 0 Å². The van der Waals surface area contributed by atoms with Crippen LogP contribution in [0.2, 0.25) is 0 Å². The molecule has 0 spiro atoms. The zero-order valence-electron chi connectivity index (χ0n) is 26.2. The average molecular weight is 701 g/mol. The van der Waals surface area contributed by atoms with E-state index in [1.165, 1.54) is 46.3 Å². The van der Waals surface area contributed by atoms with Crippen molar-refractivity contribution in [2.75, 3.05) is 4.90 Å². The van der Waals surface area contributed by atoms with Crippen LogP contribution in [-0.4, -0.2) is 29.7 Å². The smallest absolute Gasteiger partial charge is 0.381 e. The Morgan fingerprint density at radius 1 is 0.780 bits per heavy atom. The van der Waals surface area contributed by atoms with E-state index in [0.29, 0.717) is 33.8 Å². The number of rotatable bonds is 10. The third kappa shape index (κ3) is 7.32. The van der Waals surface area contributed by atoms with Crippen LogP contribution in [0.1, 0.15) is 40.8 Å². The summed E-state index contributed by atoms with van der Waals surface area (Å²) in [4.78, 5) is 5.67. The standard InChI is InChI=1S/C35H28F8N6O/c1-22(33(50,19-48-21-44-20-45-48)30-12-10-28(36)15-31(30)37)49-18-25-14-29(11-13-32(25)46-49)47(16-23-2-6-26(7-3-23)34(38,39)40)17-24-4-8-27(9-5-24)35(41,42)43/h2-15,18,20-22,50H,16-17,19H2,1H3/t22-,33-/m1/s1. The molecule has 260 valence electrons. The summed E-state index contributed by atoms with van der Waals surface area (Å²) in [5.74, 6) is -1.79. The van der Waals surface area contributed by atoms with Crippen molar-refractivity contribution < 1.29 is 40.2 Å². The normalized spacial score (nSPS) is 14.1. The van der Waals surface area contributed by atoms with Crippen molar-refractivity contribution in [2.45, 2.75) is 50.6 Å². The highest BCUT2D eigenvalue weighted by Gasteiger charge is 2.41. The fourth-order valence-electron chi connectivity index (χ4n) is 5.77. The number of aromatic nitrogens is 5. The van der Waals surface area contributed by atoms with Gasteiger partial charge in [-0.2, -0.15) is 36.5 Å². The summed E-state index contributed by atoms with van der Waals surface area (Å²) < 4.78 is 111. The van der Waals surface area contributed by atoms with Crippen molar-refractivity contribution in [1.29, 1.82) is 0 Å². The molecule has 15 heteroatoms. The number of hydrogen-bond donors (Lipinski definition) is 1. The van der Waals surface area contributed by atoms with E-state index in [9.17, 15) is 35.8 Å². The first-order chi connectivity index (χ1) is 23.6. The minimum atomic E-state index is -4.52. The SMILES string of the molecule is C[C@@H](n1cc2cc(N(Cc3ccc(C(F)(F)F)cc3)Cc3ccc(C(F)(F)F)cc3)ccc2n1)[C@](O)(Cn1cncn1)c1ccc(F)cc1F. The van der Waals surface area contributed by atoms with Crippen LogP contribution in [0, 0.1) is 11.6 Å². The molecule has 0 aliphatic carbocycles. The van der Waals surface area contributed by atoms with Crippen LogP contribution in [0.15, 0.2) is 104 Å². The van der Waals surface area contributed by atoms with Gasteiger partial charge in [0.1, 0.15) is 29.9 Å². The average Bonchev–Trinajstić information content (AvgIpc) is 3.73. The lowest BCUT2D eigenvalue weighted by atomic mass is 9.86. The summed E-state index contributed by atoms with van der Waals surface area (Å²) in [6.07, 6.45) is -4.84.